The largest absolute Gasteiger partial charge is 0.322 e. The summed E-state index contributed by atoms with van der Waals surface area (Å²) in [6.07, 6.45) is 2.46. The van der Waals surface area contributed by atoms with E-state index in [0.29, 0.717) is 11.1 Å². The topological polar surface area (TPSA) is 38.9 Å². The van der Waals surface area contributed by atoms with Crippen molar-refractivity contribution in [2.24, 2.45) is 11.7 Å². The zero-order chi connectivity index (χ0) is 8.55. The Kier molecular flexibility index (Phi) is 2.03. The Morgan fingerprint density at radius 1 is 1.50 bits per heavy atom. The van der Waals surface area contributed by atoms with E-state index in [-0.39, 0.29) is 6.04 Å². The van der Waals surface area contributed by atoms with Gasteiger partial charge < -0.3 is 5.73 Å². The van der Waals surface area contributed by atoms with Gasteiger partial charge in [-0.3, -0.25) is 0 Å². The predicted octanol–water partition coefficient (Wildman–Crippen LogP) is 2.14. The van der Waals surface area contributed by atoms with Crippen LogP contribution >= 0.6 is 11.6 Å². The van der Waals surface area contributed by atoms with E-state index in [2.05, 4.69) is 4.98 Å². The average Bonchev–Trinajstić information content (AvgIpc) is 2.85. The van der Waals surface area contributed by atoms with Gasteiger partial charge in [-0.25, -0.2) is 4.98 Å². The third kappa shape index (κ3) is 1.59. The number of hydrogen-bond acceptors (Lipinski definition) is 2. The molecule has 3 heteroatoms. The van der Waals surface area contributed by atoms with Gasteiger partial charge in [-0.2, -0.15) is 0 Å². The first-order chi connectivity index (χ1) is 5.77. The summed E-state index contributed by atoms with van der Waals surface area (Å²) in [6, 6.07) is 5.69. The number of rotatable bonds is 2. The van der Waals surface area contributed by atoms with Gasteiger partial charge in [0.2, 0.25) is 0 Å². The van der Waals surface area contributed by atoms with E-state index in [1.807, 2.05) is 12.1 Å². The maximum atomic E-state index is 5.95. The van der Waals surface area contributed by atoms with Crippen LogP contribution in [0.25, 0.3) is 0 Å². The maximum absolute atomic E-state index is 5.95. The molecule has 0 aliphatic heterocycles. The fourth-order valence-corrected chi connectivity index (χ4v) is 1.48. The molecule has 1 aromatic heterocycles. The minimum absolute atomic E-state index is 0.0868. The molecule has 0 unspecified atom stereocenters. The van der Waals surface area contributed by atoms with Crippen molar-refractivity contribution in [2.75, 3.05) is 0 Å². The summed E-state index contributed by atoms with van der Waals surface area (Å²) in [5, 5.41) is 0.531. The summed E-state index contributed by atoms with van der Waals surface area (Å²) in [5.41, 5.74) is 6.87. The maximum Gasteiger partial charge on any atom is 0.129 e. The molecule has 12 heavy (non-hydrogen) atoms. The normalized spacial score (nSPS) is 19.2. The second-order valence-electron chi connectivity index (χ2n) is 3.25. The minimum Gasteiger partial charge on any atom is -0.322 e. The van der Waals surface area contributed by atoms with Crippen LogP contribution < -0.4 is 5.73 Å². The van der Waals surface area contributed by atoms with Crippen LogP contribution in [0.4, 0.5) is 0 Å². The average molecular weight is 183 g/mol. The van der Waals surface area contributed by atoms with Crippen LogP contribution in [0.1, 0.15) is 24.6 Å². The standard InChI is InChI=1S/C9H11ClN2/c10-8-3-1-2-7(12-8)9(11)6-4-5-6/h1-3,6,9H,4-5,11H2/t9-/m1/s1. The van der Waals surface area contributed by atoms with Crippen LogP contribution in [0.5, 0.6) is 0 Å². The van der Waals surface area contributed by atoms with Crippen LogP contribution in [0, 0.1) is 5.92 Å². The first-order valence-corrected chi connectivity index (χ1v) is 4.53. The Morgan fingerprint density at radius 3 is 2.83 bits per heavy atom. The summed E-state index contributed by atoms with van der Waals surface area (Å²) in [6.45, 7) is 0. The molecule has 1 heterocycles. The zero-order valence-electron chi connectivity index (χ0n) is 6.70. The van der Waals surface area contributed by atoms with Gasteiger partial charge in [0.1, 0.15) is 5.15 Å². The lowest BCUT2D eigenvalue weighted by atomic mass is 10.1. The molecule has 0 amide bonds. The van der Waals surface area contributed by atoms with E-state index in [1.165, 1.54) is 12.8 Å². The fourth-order valence-electron chi connectivity index (χ4n) is 1.31. The Labute approximate surface area is 76.7 Å². The third-order valence-corrected chi connectivity index (χ3v) is 2.42. The Morgan fingerprint density at radius 2 is 2.25 bits per heavy atom. The monoisotopic (exact) mass is 182 g/mol. The molecule has 1 aliphatic rings. The van der Waals surface area contributed by atoms with E-state index in [9.17, 15) is 0 Å². The smallest absolute Gasteiger partial charge is 0.129 e. The van der Waals surface area contributed by atoms with Crippen LogP contribution in [-0.4, -0.2) is 4.98 Å². The SMILES string of the molecule is N[C@@H](c1cccc(Cl)n1)C1CC1. The molecular weight excluding hydrogens is 172 g/mol. The number of nitrogens with two attached hydrogens (primary N) is 1. The lowest BCUT2D eigenvalue weighted by Crippen LogP contribution is -2.13. The summed E-state index contributed by atoms with van der Waals surface area (Å²) in [4.78, 5) is 4.17. The molecule has 1 saturated carbocycles. The van der Waals surface area contributed by atoms with E-state index >= 15 is 0 Å². The van der Waals surface area contributed by atoms with Crippen molar-refractivity contribution in [3.05, 3.63) is 29.0 Å². The van der Waals surface area contributed by atoms with E-state index < -0.39 is 0 Å². The predicted molar refractivity (Wildman–Crippen MR) is 48.9 cm³/mol. The minimum atomic E-state index is 0.0868. The highest BCUT2D eigenvalue weighted by atomic mass is 35.5. The van der Waals surface area contributed by atoms with Gasteiger partial charge in [0.15, 0.2) is 0 Å². The number of nitrogens with zero attached hydrogens (tertiary/aromatic N) is 1. The lowest BCUT2D eigenvalue weighted by Gasteiger charge is -2.08. The Hall–Kier alpha value is -0.600. The molecule has 2 nitrogen and oxygen atoms in total. The number of pyridine rings is 1. The summed E-state index contributed by atoms with van der Waals surface area (Å²) in [7, 11) is 0. The molecule has 64 valence electrons. The molecule has 1 fully saturated rings. The molecule has 0 aromatic carbocycles. The van der Waals surface area contributed by atoms with Crippen molar-refractivity contribution in [3.63, 3.8) is 0 Å². The first kappa shape index (κ1) is 8.02. The summed E-state index contributed by atoms with van der Waals surface area (Å²) >= 11 is 5.75. The molecule has 1 atom stereocenters. The van der Waals surface area contributed by atoms with Crippen LogP contribution in [-0.2, 0) is 0 Å². The van der Waals surface area contributed by atoms with Gasteiger partial charge in [-0.1, -0.05) is 17.7 Å². The second-order valence-corrected chi connectivity index (χ2v) is 3.64. The van der Waals surface area contributed by atoms with Gasteiger partial charge in [0.05, 0.1) is 5.69 Å². The Bertz CT molecular complexity index is 284. The van der Waals surface area contributed by atoms with Crippen molar-refractivity contribution < 1.29 is 0 Å². The van der Waals surface area contributed by atoms with Crippen LogP contribution in [0.2, 0.25) is 5.15 Å². The zero-order valence-corrected chi connectivity index (χ0v) is 7.46. The molecule has 1 aliphatic carbocycles. The van der Waals surface area contributed by atoms with Crippen molar-refractivity contribution in [2.45, 2.75) is 18.9 Å². The molecule has 0 bridgehead atoms. The highest BCUT2D eigenvalue weighted by molar-refractivity contribution is 6.29. The van der Waals surface area contributed by atoms with Crippen LogP contribution in [0.3, 0.4) is 0 Å². The van der Waals surface area contributed by atoms with Gasteiger partial charge in [-0.05, 0) is 30.9 Å². The molecule has 0 saturated heterocycles. The van der Waals surface area contributed by atoms with Gasteiger partial charge in [-0.15, -0.1) is 0 Å². The third-order valence-electron chi connectivity index (χ3n) is 2.21. The second kappa shape index (κ2) is 3.04. The van der Waals surface area contributed by atoms with Gasteiger partial charge in [0, 0.05) is 6.04 Å². The molecule has 1 aromatic rings. The van der Waals surface area contributed by atoms with Crippen molar-refractivity contribution in [3.8, 4) is 0 Å². The van der Waals surface area contributed by atoms with Crippen molar-refractivity contribution in [1.82, 2.24) is 4.98 Å². The van der Waals surface area contributed by atoms with Crippen molar-refractivity contribution >= 4 is 11.6 Å². The van der Waals surface area contributed by atoms with Crippen LogP contribution in [0.15, 0.2) is 18.2 Å². The van der Waals surface area contributed by atoms with Crippen molar-refractivity contribution in [1.29, 1.82) is 0 Å². The Balaban J connectivity index is 2.20. The first-order valence-electron chi connectivity index (χ1n) is 4.15. The number of aromatic nitrogens is 1. The molecule has 2 rings (SSSR count). The highest BCUT2D eigenvalue weighted by Gasteiger charge is 2.30. The molecule has 0 radical (unpaired) electrons. The van der Waals surface area contributed by atoms with Gasteiger partial charge >= 0.3 is 0 Å². The highest BCUT2D eigenvalue weighted by Crippen LogP contribution is 2.38. The number of halogens is 1. The van der Waals surface area contributed by atoms with E-state index in [1.54, 1.807) is 6.07 Å². The summed E-state index contributed by atoms with van der Waals surface area (Å²) in [5.74, 6) is 0.635. The lowest BCUT2D eigenvalue weighted by molar-refractivity contribution is 0.615. The number of hydrogen-bond donors (Lipinski definition) is 1. The van der Waals surface area contributed by atoms with E-state index in [4.69, 9.17) is 17.3 Å². The summed E-state index contributed by atoms with van der Waals surface area (Å²) < 4.78 is 0. The molecular formula is C9H11ClN2. The van der Waals surface area contributed by atoms with Gasteiger partial charge in [0.25, 0.3) is 0 Å². The fraction of sp³-hybridized carbons (Fsp3) is 0.444. The van der Waals surface area contributed by atoms with E-state index in [0.717, 1.165) is 5.69 Å². The quantitative estimate of drug-likeness (QED) is 0.712. The molecule has 0 spiro atoms. The molecule has 2 N–H and O–H groups in total.